The Hall–Kier alpha value is -6.54. The lowest BCUT2D eigenvalue weighted by Gasteiger charge is -2.56. The quantitative estimate of drug-likeness (QED) is 0.0410. The molecule has 3 atom stereocenters. The molecule has 2 saturated heterocycles. The molecular weight excluding hydrogens is 801 g/mol. The third-order valence-electron chi connectivity index (χ3n) is 9.94. The lowest BCUT2D eigenvalue weighted by atomic mass is 9.94. The van der Waals surface area contributed by atoms with Crippen molar-refractivity contribution in [1.29, 1.82) is 0 Å². The first-order valence-electron chi connectivity index (χ1n) is 18.4. The van der Waals surface area contributed by atoms with Crippen LogP contribution in [0.4, 0.5) is 4.79 Å². The fraction of sp³-hybridized carbons (Fsp3) is 0.282. The highest BCUT2D eigenvalue weighted by Gasteiger charge is 2.66. The van der Waals surface area contributed by atoms with E-state index in [9.17, 15) is 33.6 Å². The van der Waals surface area contributed by atoms with E-state index in [2.05, 4.69) is 31.5 Å². The Morgan fingerprint density at radius 3 is 2.14 bits per heavy atom. The van der Waals surface area contributed by atoms with Gasteiger partial charge in [0.1, 0.15) is 17.1 Å². The van der Waals surface area contributed by atoms with Crippen molar-refractivity contribution >= 4 is 65.6 Å². The van der Waals surface area contributed by atoms with Crippen LogP contribution in [-0.2, 0) is 40.6 Å². The largest absolute Gasteiger partial charge is 0.448 e. The van der Waals surface area contributed by atoms with Crippen LogP contribution in [0.1, 0.15) is 35.8 Å². The average Bonchev–Trinajstić information content (AvgIpc) is 3.68. The monoisotopic (exact) mass is 838 g/mol. The number of thioether (sulfide) groups is 2. The summed E-state index contributed by atoms with van der Waals surface area (Å²) in [6.07, 6.45) is -0.600. The van der Waals surface area contributed by atoms with Crippen LogP contribution in [0.25, 0.3) is 0 Å². The van der Waals surface area contributed by atoms with Crippen LogP contribution < -0.4 is 16.0 Å². The SMILES string of the molecule is CCN1CCN(C(=O)NC(C(=O)N[C@]2(NC=O)C(=O)N3C(C(=O)OC(c4ccccc4)c4ccccc4)=C(CSc4nnnn4C)CS[C@H]32)c2ccccc2)C(=O)C1=O. The highest BCUT2D eigenvalue weighted by Crippen LogP contribution is 2.47. The number of hydrogen-bond acceptors (Lipinski definition) is 13. The number of rotatable bonds is 14. The Bertz CT molecular complexity index is 2260. The number of aromatic nitrogens is 4. The lowest BCUT2D eigenvalue weighted by molar-refractivity contribution is -0.164. The second kappa shape index (κ2) is 17.5. The lowest BCUT2D eigenvalue weighted by Crippen LogP contribution is -2.85. The summed E-state index contributed by atoms with van der Waals surface area (Å²) in [6, 6.07) is 23.8. The normalized spacial score (nSPS) is 19.5. The van der Waals surface area contributed by atoms with Crippen LogP contribution in [0.15, 0.2) is 107 Å². The minimum Gasteiger partial charge on any atom is -0.448 e. The first-order chi connectivity index (χ1) is 28.6. The first kappa shape index (κ1) is 40.6. The smallest absolute Gasteiger partial charge is 0.356 e. The second-order valence-corrected chi connectivity index (χ2v) is 15.5. The molecule has 304 valence electrons. The minimum absolute atomic E-state index is 0.0712. The number of nitrogens with zero attached hydrogens (tertiary/aromatic N) is 7. The fourth-order valence-corrected chi connectivity index (χ4v) is 9.34. The van der Waals surface area contributed by atoms with Gasteiger partial charge < -0.3 is 25.6 Å². The number of likely N-dealkylation sites (N-methyl/N-ethyl adjacent to an activating group) is 1. The number of ether oxygens (including phenoxy) is 1. The van der Waals surface area contributed by atoms with E-state index >= 15 is 0 Å². The number of fused-ring (bicyclic) bond motifs is 1. The summed E-state index contributed by atoms with van der Waals surface area (Å²) in [5, 5.41) is 18.6. The summed E-state index contributed by atoms with van der Waals surface area (Å²) < 4.78 is 7.72. The predicted molar refractivity (Wildman–Crippen MR) is 212 cm³/mol. The molecule has 4 heterocycles. The Morgan fingerprint density at radius 1 is 0.932 bits per heavy atom. The molecule has 3 N–H and O–H groups in total. The predicted octanol–water partition coefficient (Wildman–Crippen LogP) is 1.50. The van der Waals surface area contributed by atoms with Crippen molar-refractivity contribution in [3.05, 3.63) is 119 Å². The molecule has 59 heavy (non-hydrogen) atoms. The highest BCUT2D eigenvalue weighted by atomic mass is 32.2. The fourth-order valence-electron chi connectivity index (χ4n) is 6.92. The number of tetrazole rings is 1. The highest BCUT2D eigenvalue weighted by molar-refractivity contribution is 8.01. The number of carbonyl (C=O) groups is 7. The van der Waals surface area contributed by atoms with E-state index in [4.69, 9.17) is 4.74 Å². The van der Waals surface area contributed by atoms with Crippen LogP contribution in [0, 0.1) is 0 Å². The zero-order valence-electron chi connectivity index (χ0n) is 31.7. The van der Waals surface area contributed by atoms with Gasteiger partial charge in [-0.15, -0.1) is 16.9 Å². The number of carbonyl (C=O) groups excluding carboxylic acids is 7. The number of hydrogen-bond donors (Lipinski definition) is 3. The number of nitrogens with one attached hydrogen (secondary N) is 3. The van der Waals surface area contributed by atoms with Crippen molar-refractivity contribution in [2.24, 2.45) is 7.05 Å². The van der Waals surface area contributed by atoms with Gasteiger partial charge in [0.25, 0.3) is 5.91 Å². The molecule has 3 aliphatic heterocycles. The Balaban J connectivity index is 1.20. The van der Waals surface area contributed by atoms with Crippen molar-refractivity contribution in [2.45, 2.75) is 35.3 Å². The Kier molecular flexibility index (Phi) is 12.1. The Labute approximate surface area is 346 Å². The van der Waals surface area contributed by atoms with Gasteiger partial charge in [-0.05, 0) is 39.6 Å². The molecular formula is C39H38N10O8S2. The van der Waals surface area contributed by atoms with Crippen molar-refractivity contribution < 1.29 is 38.3 Å². The molecule has 4 aromatic rings. The van der Waals surface area contributed by atoms with Gasteiger partial charge >= 0.3 is 23.8 Å². The Morgan fingerprint density at radius 2 is 1.56 bits per heavy atom. The van der Waals surface area contributed by atoms with Gasteiger partial charge in [-0.2, -0.15) is 0 Å². The molecule has 2 fully saturated rings. The molecule has 1 aromatic heterocycles. The molecule has 20 heteroatoms. The molecule has 3 aromatic carbocycles. The van der Waals surface area contributed by atoms with Gasteiger partial charge in [0.05, 0.1) is 0 Å². The van der Waals surface area contributed by atoms with Gasteiger partial charge in [-0.25, -0.2) is 14.3 Å². The molecule has 7 rings (SSSR count). The average molecular weight is 839 g/mol. The maximum atomic E-state index is 14.6. The second-order valence-electron chi connectivity index (χ2n) is 13.5. The van der Waals surface area contributed by atoms with E-state index < -0.39 is 58.8 Å². The summed E-state index contributed by atoms with van der Waals surface area (Å²) in [5.41, 5.74) is -0.00194. The van der Waals surface area contributed by atoms with Crippen molar-refractivity contribution in [3.63, 3.8) is 0 Å². The molecule has 0 radical (unpaired) electrons. The van der Waals surface area contributed by atoms with Crippen LogP contribution >= 0.6 is 23.5 Å². The third kappa shape index (κ3) is 8.00. The number of imide groups is 1. The van der Waals surface area contributed by atoms with E-state index in [0.717, 1.165) is 4.90 Å². The summed E-state index contributed by atoms with van der Waals surface area (Å²) in [4.78, 5) is 98.0. The van der Waals surface area contributed by atoms with Gasteiger partial charge in [0.2, 0.25) is 23.1 Å². The summed E-state index contributed by atoms with van der Waals surface area (Å²) in [7, 11) is 1.66. The zero-order chi connectivity index (χ0) is 41.7. The molecule has 7 amide bonds. The topological polar surface area (TPSA) is 218 Å². The number of β-lactam (4-membered cyclic amide) rings is 1. The van der Waals surface area contributed by atoms with Gasteiger partial charge in [-0.1, -0.05) is 103 Å². The van der Waals surface area contributed by atoms with Crippen molar-refractivity contribution in [1.82, 2.24) is 50.9 Å². The third-order valence-corrected chi connectivity index (χ3v) is 12.4. The van der Waals surface area contributed by atoms with Crippen molar-refractivity contribution in [2.75, 3.05) is 31.1 Å². The van der Waals surface area contributed by atoms with E-state index in [0.29, 0.717) is 21.9 Å². The molecule has 0 aliphatic carbocycles. The molecule has 0 spiro atoms. The van der Waals surface area contributed by atoms with E-state index in [1.165, 1.54) is 38.0 Å². The number of benzene rings is 3. The standard InChI is InChI=1S/C39H38N10O8S2/c1-3-47-19-20-48(33(53)32(47)52)37(56)41-28(24-13-7-4-8-14-24)31(51)42-39(40-23-50)35(55)49-29(27(21-58-36(39)49)22-59-38-43-44-45-46(38)2)34(54)57-30(25-15-9-5-10-16-25)26-17-11-6-12-18-26/h4-18,23,28,30,36H,3,19-22H2,1-2H3,(H,40,50)(H,41,56)(H,42,51)/t28?,36-,39+/m0/s1. The van der Waals surface area contributed by atoms with E-state index in [1.54, 1.807) is 44.3 Å². The summed E-state index contributed by atoms with van der Waals surface area (Å²) in [6.45, 7) is 1.99. The number of amides is 7. The maximum absolute atomic E-state index is 14.6. The van der Waals surface area contributed by atoms with E-state index in [-0.39, 0.29) is 48.8 Å². The van der Waals surface area contributed by atoms with Gasteiger partial charge in [0.15, 0.2) is 6.10 Å². The summed E-state index contributed by atoms with van der Waals surface area (Å²) >= 11 is 2.42. The molecule has 3 aliphatic rings. The van der Waals surface area contributed by atoms with Crippen molar-refractivity contribution in [3.8, 4) is 0 Å². The van der Waals surface area contributed by atoms with Crippen LogP contribution in [-0.4, -0.2) is 119 Å². The number of aryl methyl sites for hydroxylation is 1. The van der Waals surface area contributed by atoms with Gasteiger partial charge in [-0.3, -0.25) is 33.8 Å². The van der Waals surface area contributed by atoms with E-state index in [1.807, 2.05) is 60.7 Å². The number of piperazine rings is 1. The molecule has 18 nitrogen and oxygen atoms in total. The van der Waals surface area contributed by atoms with Crippen LogP contribution in [0.3, 0.4) is 0 Å². The van der Waals surface area contributed by atoms with Crippen LogP contribution in [0.5, 0.6) is 0 Å². The number of urea groups is 1. The number of esters is 1. The molecule has 0 saturated carbocycles. The molecule has 1 unspecified atom stereocenters. The molecule has 0 bridgehead atoms. The maximum Gasteiger partial charge on any atom is 0.356 e. The minimum atomic E-state index is -2.09. The zero-order valence-corrected chi connectivity index (χ0v) is 33.4. The van der Waals surface area contributed by atoms with Crippen LogP contribution in [0.2, 0.25) is 0 Å². The first-order valence-corrected chi connectivity index (χ1v) is 20.4. The summed E-state index contributed by atoms with van der Waals surface area (Å²) in [5.74, 6) is -4.16. The van der Waals surface area contributed by atoms with Gasteiger partial charge in [0, 0.05) is 38.2 Å².